The van der Waals surface area contributed by atoms with Gasteiger partial charge in [0.25, 0.3) is 0 Å². The summed E-state index contributed by atoms with van der Waals surface area (Å²) in [4.78, 5) is 13.8. The molecule has 128 valence electrons. The monoisotopic (exact) mass is 324 g/mol. The average Bonchev–Trinajstić information content (AvgIpc) is 2.91. The van der Waals surface area contributed by atoms with E-state index in [9.17, 15) is 14.3 Å². The molecule has 2 N–H and O–H groups in total. The van der Waals surface area contributed by atoms with E-state index in [0.717, 1.165) is 11.1 Å². The van der Waals surface area contributed by atoms with Gasteiger partial charge in [-0.05, 0) is 24.5 Å². The van der Waals surface area contributed by atoms with Gasteiger partial charge in [0.05, 0.1) is 19.8 Å². The number of hydrogen-bond donors (Lipinski definition) is 2. The van der Waals surface area contributed by atoms with E-state index in [1.165, 1.54) is 0 Å². The fourth-order valence-electron chi connectivity index (χ4n) is 2.82. The number of carbonyl (C=O) groups excluding carboxylic acids is 1. The van der Waals surface area contributed by atoms with Gasteiger partial charge in [-0.3, -0.25) is 9.69 Å². The number of halogens is 1. The standard InChI is InChI=1S/C17H25FN2O3/c1-2-23-12-14-6-4-3-5-13(14)8-19-17(22)10-20-9-15(18)7-16(20)11-21/h3-6,15-16,21H,2,7-12H2,1H3,(H,19,22)/t15-,16-/m0/s1. The van der Waals surface area contributed by atoms with Gasteiger partial charge in [0, 0.05) is 25.7 Å². The van der Waals surface area contributed by atoms with E-state index in [1.807, 2.05) is 31.2 Å². The Kier molecular flexibility index (Phi) is 6.95. The predicted octanol–water partition coefficient (Wildman–Crippen LogP) is 1.24. The molecule has 0 radical (unpaired) electrons. The maximum absolute atomic E-state index is 13.4. The van der Waals surface area contributed by atoms with Crippen molar-refractivity contribution in [3.8, 4) is 0 Å². The van der Waals surface area contributed by atoms with Crippen LogP contribution in [0.15, 0.2) is 24.3 Å². The molecule has 5 nitrogen and oxygen atoms in total. The SMILES string of the molecule is CCOCc1ccccc1CNC(=O)CN1C[C@@H](F)C[C@H]1CO. The highest BCUT2D eigenvalue weighted by Crippen LogP contribution is 2.19. The van der Waals surface area contributed by atoms with E-state index < -0.39 is 6.17 Å². The molecule has 23 heavy (non-hydrogen) atoms. The first-order valence-corrected chi connectivity index (χ1v) is 8.04. The number of aliphatic hydroxyl groups excluding tert-OH is 1. The summed E-state index contributed by atoms with van der Waals surface area (Å²) in [7, 11) is 0. The Morgan fingerprint density at radius 2 is 2.17 bits per heavy atom. The summed E-state index contributed by atoms with van der Waals surface area (Å²) in [5.41, 5.74) is 2.06. The number of aliphatic hydroxyl groups is 1. The molecule has 2 atom stereocenters. The fourth-order valence-corrected chi connectivity index (χ4v) is 2.82. The molecule has 1 heterocycles. The molecule has 0 unspecified atom stereocenters. The number of hydrogen-bond acceptors (Lipinski definition) is 4. The van der Waals surface area contributed by atoms with Crippen LogP contribution in [-0.2, 0) is 22.7 Å². The van der Waals surface area contributed by atoms with Crippen LogP contribution in [-0.4, -0.2) is 54.4 Å². The predicted molar refractivity (Wildman–Crippen MR) is 85.6 cm³/mol. The lowest BCUT2D eigenvalue weighted by molar-refractivity contribution is -0.122. The number of amides is 1. The van der Waals surface area contributed by atoms with Crippen LogP contribution in [0.4, 0.5) is 4.39 Å². The van der Waals surface area contributed by atoms with E-state index in [2.05, 4.69) is 5.32 Å². The van der Waals surface area contributed by atoms with Crippen LogP contribution in [0.3, 0.4) is 0 Å². The molecular formula is C17H25FN2O3. The van der Waals surface area contributed by atoms with E-state index >= 15 is 0 Å². The average molecular weight is 324 g/mol. The summed E-state index contributed by atoms with van der Waals surface area (Å²) >= 11 is 0. The fraction of sp³-hybridized carbons (Fsp3) is 0.588. The molecule has 1 aromatic rings. The molecule has 6 heteroatoms. The lowest BCUT2D eigenvalue weighted by Crippen LogP contribution is -2.41. The summed E-state index contributed by atoms with van der Waals surface area (Å²) in [6.45, 7) is 3.71. The Hall–Kier alpha value is -1.50. The minimum Gasteiger partial charge on any atom is -0.395 e. The summed E-state index contributed by atoms with van der Waals surface area (Å²) in [5, 5.41) is 12.1. The molecule has 1 saturated heterocycles. The van der Waals surface area contributed by atoms with E-state index in [-0.39, 0.29) is 31.6 Å². The molecule has 1 amide bonds. The van der Waals surface area contributed by atoms with Crippen molar-refractivity contribution in [3.05, 3.63) is 35.4 Å². The first kappa shape index (κ1) is 17.8. The Bertz CT molecular complexity index is 512. The van der Waals surface area contributed by atoms with Gasteiger partial charge in [-0.15, -0.1) is 0 Å². The van der Waals surface area contributed by atoms with Crippen LogP contribution >= 0.6 is 0 Å². The maximum Gasteiger partial charge on any atom is 0.234 e. The van der Waals surface area contributed by atoms with Crippen LogP contribution in [0, 0.1) is 0 Å². The zero-order valence-corrected chi connectivity index (χ0v) is 13.5. The summed E-state index contributed by atoms with van der Waals surface area (Å²) < 4.78 is 18.8. The zero-order valence-electron chi connectivity index (χ0n) is 13.5. The van der Waals surface area contributed by atoms with Gasteiger partial charge in [-0.2, -0.15) is 0 Å². The van der Waals surface area contributed by atoms with Gasteiger partial charge in [0.1, 0.15) is 6.17 Å². The van der Waals surface area contributed by atoms with Crippen molar-refractivity contribution in [1.82, 2.24) is 10.2 Å². The van der Waals surface area contributed by atoms with Gasteiger partial charge < -0.3 is 15.2 Å². The molecule has 1 fully saturated rings. The molecular weight excluding hydrogens is 299 g/mol. The Balaban J connectivity index is 1.85. The highest BCUT2D eigenvalue weighted by Gasteiger charge is 2.32. The second-order valence-electron chi connectivity index (χ2n) is 5.78. The van der Waals surface area contributed by atoms with Gasteiger partial charge in [0.15, 0.2) is 0 Å². The number of rotatable bonds is 8. The number of benzene rings is 1. The minimum atomic E-state index is -0.966. The largest absolute Gasteiger partial charge is 0.395 e. The first-order chi connectivity index (χ1) is 11.1. The molecule has 1 aromatic carbocycles. The first-order valence-electron chi connectivity index (χ1n) is 8.04. The lowest BCUT2D eigenvalue weighted by atomic mass is 10.1. The molecule has 0 aliphatic carbocycles. The third-order valence-electron chi connectivity index (χ3n) is 4.09. The Morgan fingerprint density at radius 3 is 2.87 bits per heavy atom. The lowest BCUT2D eigenvalue weighted by Gasteiger charge is -2.21. The van der Waals surface area contributed by atoms with Gasteiger partial charge in [-0.25, -0.2) is 4.39 Å². The smallest absolute Gasteiger partial charge is 0.234 e. The second-order valence-corrected chi connectivity index (χ2v) is 5.78. The van der Waals surface area contributed by atoms with E-state index in [1.54, 1.807) is 4.90 Å². The van der Waals surface area contributed by atoms with Crippen molar-refractivity contribution < 1.29 is 19.0 Å². The minimum absolute atomic E-state index is 0.110. The quantitative estimate of drug-likeness (QED) is 0.755. The summed E-state index contributed by atoms with van der Waals surface area (Å²) in [6, 6.07) is 7.54. The number of carbonyl (C=O) groups is 1. The molecule has 1 aliphatic heterocycles. The third kappa shape index (κ3) is 5.27. The second kappa shape index (κ2) is 8.96. The van der Waals surface area contributed by atoms with Crippen LogP contribution in [0.5, 0.6) is 0 Å². The number of likely N-dealkylation sites (tertiary alicyclic amines) is 1. The third-order valence-corrected chi connectivity index (χ3v) is 4.09. The van der Waals surface area contributed by atoms with Crippen molar-refractivity contribution in [1.29, 1.82) is 0 Å². The maximum atomic E-state index is 13.4. The number of nitrogens with zero attached hydrogens (tertiary/aromatic N) is 1. The summed E-state index contributed by atoms with van der Waals surface area (Å²) in [5.74, 6) is -0.163. The van der Waals surface area contributed by atoms with Crippen LogP contribution in [0.25, 0.3) is 0 Å². The zero-order chi connectivity index (χ0) is 16.7. The van der Waals surface area contributed by atoms with E-state index in [0.29, 0.717) is 26.2 Å². The molecule has 0 saturated carbocycles. The molecule has 0 spiro atoms. The molecule has 2 rings (SSSR count). The molecule has 0 bridgehead atoms. The van der Waals surface area contributed by atoms with Crippen molar-refractivity contribution in [2.75, 3.05) is 26.3 Å². The molecule has 0 aromatic heterocycles. The van der Waals surface area contributed by atoms with Crippen molar-refractivity contribution >= 4 is 5.91 Å². The van der Waals surface area contributed by atoms with Crippen molar-refractivity contribution in [2.45, 2.75) is 38.7 Å². The number of ether oxygens (including phenoxy) is 1. The van der Waals surface area contributed by atoms with Crippen molar-refractivity contribution in [3.63, 3.8) is 0 Å². The Labute approximate surface area is 136 Å². The highest BCUT2D eigenvalue weighted by molar-refractivity contribution is 5.78. The van der Waals surface area contributed by atoms with Gasteiger partial charge in [-0.1, -0.05) is 24.3 Å². The Morgan fingerprint density at radius 1 is 1.43 bits per heavy atom. The number of nitrogens with one attached hydrogen (secondary N) is 1. The van der Waals surface area contributed by atoms with Crippen LogP contribution in [0.2, 0.25) is 0 Å². The van der Waals surface area contributed by atoms with Gasteiger partial charge >= 0.3 is 0 Å². The normalized spacial score (nSPS) is 21.5. The van der Waals surface area contributed by atoms with Crippen LogP contribution < -0.4 is 5.32 Å². The van der Waals surface area contributed by atoms with E-state index in [4.69, 9.17) is 4.74 Å². The summed E-state index contributed by atoms with van der Waals surface area (Å²) in [6.07, 6.45) is -0.673. The number of alkyl halides is 1. The van der Waals surface area contributed by atoms with Crippen molar-refractivity contribution in [2.24, 2.45) is 0 Å². The topological polar surface area (TPSA) is 61.8 Å². The van der Waals surface area contributed by atoms with Gasteiger partial charge in [0.2, 0.25) is 5.91 Å². The highest BCUT2D eigenvalue weighted by atomic mass is 19.1. The van der Waals surface area contributed by atoms with Crippen LogP contribution in [0.1, 0.15) is 24.5 Å². The molecule has 1 aliphatic rings.